The van der Waals surface area contributed by atoms with Gasteiger partial charge in [-0.2, -0.15) is 0 Å². The number of thiophene rings is 1. The number of aromatic amines is 2. The van der Waals surface area contributed by atoms with E-state index in [2.05, 4.69) is 60.0 Å². The van der Waals surface area contributed by atoms with Crippen molar-refractivity contribution in [3.63, 3.8) is 0 Å². The molecule has 2 aliphatic rings. The van der Waals surface area contributed by atoms with Crippen molar-refractivity contribution >= 4 is 34.2 Å². The van der Waals surface area contributed by atoms with Gasteiger partial charge in [0.1, 0.15) is 5.60 Å². The molecule has 4 aromatic rings. The van der Waals surface area contributed by atoms with Gasteiger partial charge in [-0.1, -0.05) is 20.8 Å². The highest BCUT2D eigenvalue weighted by Crippen LogP contribution is 2.46. The summed E-state index contributed by atoms with van der Waals surface area (Å²) in [5.41, 5.74) is 8.17. The maximum absolute atomic E-state index is 14.3. The molecule has 0 radical (unpaired) electrons. The van der Waals surface area contributed by atoms with Crippen molar-refractivity contribution in [2.45, 2.75) is 106 Å². The van der Waals surface area contributed by atoms with E-state index in [4.69, 9.17) is 9.47 Å². The molecule has 6 rings (SSSR count). The van der Waals surface area contributed by atoms with Crippen LogP contribution >= 0.6 is 11.3 Å². The Kier molecular flexibility index (Phi) is 10.0. The van der Waals surface area contributed by atoms with E-state index in [9.17, 15) is 14.4 Å². The van der Waals surface area contributed by atoms with Gasteiger partial charge in [0.05, 0.1) is 41.4 Å². The number of H-pyrrole nitrogens is 2. The smallest absolute Gasteiger partial charge is 0.410 e. The molecule has 11 heteroatoms. The fraction of sp³-hybridized carbons (Fsp3) is 0.525. The molecular formula is C40H53N5O5S. The van der Waals surface area contributed by atoms with Gasteiger partial charge in [0, 0.05) is 53.7 Å². The molecule has 3 aromatic heterocycles. The van der Waals surface area contributed by atoms with E-state index in [1.165, 1.54) is 16.0 Å². The average Bonchev–Trinajstić information content (AvgIpc) is 3.64. The third-order valence-corrected chi connectivity index (χ3v) is 11.4. The zero-order valence-corrected chi connectivity index (χ0v) is 32.6. The van der Waals surface area contributed by atoms with Gasteiger partial charge in [-0.05, 0) is 106 Å². The largest absolute Gasteiger partial charge is 0.444 e. The summed E-state index contributed by atoms with van der Waals surface area (Å²) in [5, 5.41) is 4.05. The number of aromatic nitrogens is 2. The van der Waals surface area contributed by atoms with Gasteiger partial charge in [-0.25, -0.2) is 4.79 Å². The predicted molar refractivity (Wildman–Crippen MR) is 204 cm³/mol. The zero-order chi connectivity index (χ0) is 37.0. The molecular weight excluding hydrogens is 663 g/mol. The SMILES string of the molecule is Cc1cc(C)c(CNC(=O)c2c(C)c(C(C)N3CCOCC3)cc3cc(-c4sc5c(c4C(C)(C)C)CCN(C(=O)OC(C)(C)C)C5)[nH]c23)c(=O)[nH]1. The number of benzene rings is 1. The van der Waals surface area contributed by atoms with Crippen LogP contribution in [-0.2, 0) is 34.4 Å². The molecule has 274 valence electrons. The fourth-order valence-corrected chi connectivity index (χ4v) is 9.17. The first-order chi connectivity index (χ1) is 23.9. The second kappa shape index (κ2) is 13.9. The van der Waals surface area contributed by atoms with E-state index in [0.717, 1.165) is 63.4 Å². The van der Waals surface area contributed by atoms with Gasteiger partial charge in [0.15, 0.2) is 0 Å². The Bertz CT molecular complexity index is 2040. The lowest BCUT2D eigenvalue weighted by molar-refractivity contribution is 0.0197. The molecule has 1 fully saturated rings. The lowest BCUT2D eigenvalue weighted by Gasteiger charge is -2.33. The normalized spacial score (nSPS) is 16.3. The first-order valence-corrected chi connectivity index (χ1v) is 18.8. The summed E-state index contributed by atoms with van der Waals surface area (Å²) in [7, 11) is 0. The number of ether oxygens (including phenoxy) is 2. The Balaban J connectivity index is 1.44. The molecule has 0 spiro atoms. The van der Waals surface area contributed by atoms with Crippen LogP contribution in [0.4, 0.5) is 4.79 Å². The van der Waals surface area contributed by atoms with Crippen molar-refractivity contribution in [2.24, 2.45) is 0 Å². The highest BCUT2D eigenvalue weighted by atomic mass is 32.1. The number of fused-ring (bicyclic) bond motifs is 2. The number of carbonyl (C=O) groups is 2. The maximum Gasteiger partial charge on any atom is 0.410 e. The van der Waals surface area contributed by atoms with Gasteiger partial charge < -0.3 is 29.7 Å². The quantitative estimate of drug-likeness (QED) is 0.191. The zero-order valence-electron chi connectivity index (χ0n) is 31.8. The van der Waals surface area contributed by atoms with E-state index < -0.39 is 5.60 Å². The van der Waals surface area contributed by atoms with Gasteiger partial charge in [-0.3, -0.25) is 14.5 Å². The molecule has 3 N–H and O–H groups in total. The van der Waals surface area contributed by atoms with Crippen molar-refractivity contribution in [3.05, 3.63) is 78.1 Å². The molecule has 1 saturated heterocycles. The molecule has 5 heterocycles. The Morgan fingerprint density at radius 2 is 1.73 bits per heavy atom. The minimum absolute atomic E-state index is 0.0726. The number of nitrogens with one attached hydrogen (secondary N) is 3. The lowest BCUT2D eigenvalue weighted by Crippen LogP contribution is -2.39. The second-order valence-corrected chi connectivity index (χ2v) is 17.3. The number of morpholine rings is 1. The first-order valence-electron chi connectivity index (χ1n) is 18.0. The number of rotatable bonds is 6. The highest BCUT2D eigenvalue weighted by Gasteiger charge is 2.34. The maximum atomic E-state index is 14.3. The summed E-state index contributed by atoms with van der Waals surface area (Å²) in [6.07, 6.45) is 0.463. The second-order valence-electron chi connectivity index (χ2n) is 16.2. The van der Waals surface area contributed by atoms with Crippen LogP contribution in [0.1, 0.15) is 109 Å². The average molecular weight is 716 g/mol. The third kappa shape index (κ3) is 7.52. The van der Waals surface area contributed by atoms with Crippen LogP contribution in [0.2, 0.25) is 0 Å². The minimum atomic E-state index is -0.562. The molecule has 0 bridgehead atoms. The van der Waals surface area contributed by atoms with E-state index in [0.29, 0.717) is 37.4 Å². The summed E-state index contributed by atoms with van der Waals surface area (Å²) >= 11 is 1.72. The van der Waals surface area contributed by atoms with Crippen molar-refractivity contribution in [3.8, 4) is 10.6 Å². The van der Waals surface area contributed by atoms with Gasteiger partial charge in [0.25, 0.3) is 11.5 Å². The molecule has 1 atom stereocenters. The number of carbonyl (C=O) groups excluding carboxylic acids is 2. The monoisotopic (exact) mass is 715 g/mol. The number of pyridine rings is 1. The number of nitrogens with zero attached hydrogens (tertiary/aromatic N) is 2. The van der Waals surface area contributed by atoms with Crippen molar-refractivity contribution < 1.29 is 19.1 Å². The Hall–Kier alpha value is -3.93. The highest BCUT2D eigenvalue weighted by molar-refractivity contribution is 7.16. The van der Waals surface area contributed by atoms with Crippen LogP contribution in [-0.4, -0.2) is 70.2 Å². The molecule has 51 heavy (non-hydrogen) atoms. The molecule has 2 amide bonds. The van der Waals surface area contributed by atoms with Crippen LogP contribution in [0.15, 0.2) is 23.0 Å². The molecule has 0 saturated carbocycles. The van der Waals surface area contributed by atoms with Crippen molar-refractivity contribution in [2.75, 3.05) is 32.8 Å². The van der Waals surface area contributed by atoms with Crippen LogP contribution in [0, 0.1) is 20.8 Å². The molecule has 1 unspecified atom stereocenters. The number of hydrogen-bond acceptors (Lipinski definition) is 7. The molecule has 0 aliphatic carbocycles. The standard InChI is InChI=1S/C40H53N5O5S/c1-22-17-23(2)42-36(46)29(22)20-41-37(47)32-24(3)28(25(4)44-13-15-49-16-14-44)18-26-19-30(43-34(26)32)35-33(39(5,6)7)27-11-12-45(21-31(27)51-35)38(48)50-40(8,9)10/h17-19,25,43H,11-16,20-21H2,1-10H3,(H,41,47)(H,42,46). The predicted octanol–water partition coefficient (Wildman–Crippen LogP) is 7.42. The van der Waals surface area contributed by atoms with Crippen LogP contribution < -0.4 is 10.9 Å². The summed E-state index contributed by atoms with van der Waals surface area (Å²) in [6, 6.07) is 6.40. The lowest BCUT2D eigenvalue weighted by atomic mass is 9.81. The molecule has 2 aliphatic heterocycles. The van der Waals surface area contributed by atoms with E-state index in [1.54, 1.807) is 16.2 Å². The molecule has 10 nitrogen and oxygen atoms in total. The van der Waals surface area contributed by atoms with Gasteiger partial charge in [0.2, 0.25) is 0 Å². The van der Waals surface area contributed by atoms with Gasteiger partial charge in [-0.15, -0.1) is 11.3 Å². The summed E-state index contributed by atoms with van der Waals surface area (Å²) < 4.78 is 11.4. The summed E-state index contributed by atoms with van der Waals surface area (Å²) in [4.78, 5) is 53.3. The van der Waals surface area contributed by atoms with Crippen LogP contribution in [0.5, 0.6) is 0 Å². The summed E-state index contributed by atoms with van der Waals surface area (Å²) in [5.74, 6) is -0.226. The van der Waals surface area contributed by atoms with Gasteiger partial charge >= 0.3 is 6.09 Å². The van der Waals surface area contributed by atoms with Crippen LogP contribution in [0.25, 0.3) is 21.5 Å². The Morgan fingerprint density at radius 3 is 2.37 bits per heavy atom. The van der Waals surface area contributed by atoms with E-state index in [-0.39, 0.29) is 35.6 Å². The molecule has 1 aromatic carbocycles. The fourth-order valence-electron chi connectivity index (χ4n) is 7.63. The third-order valence-electron chi connectivity index (χ3n) is 10.1. The number of hydrogen-bond donors (Lipinski definition) is 3. The number of amides is 2. The Labute approximate surface area is 304 Å². The van der Waals surface area contributed by atoms with Crippen molar-refractivity contribution in [1.29, 1.82) is 0 Å². The summed E-state index contributed by atoms with van der Waals surface area (Å²) in [6.45, 7) is 24.6. The van der Waals surface area contributed by atoms with Crippen molar-refractivity contribution in [1.82, 2.24) is 25.1 Å². The van der Waals surface area contributed by atoms with Crippen LogP contribution in [0.3, 0.4) is 0 Å². The minimum Gasteiger partial charge on any atom is -0.444 e. The van der Waals surface area contributed by atoms with E-state index >= 15 is 0 Å². The topological polar surface area (TPSA) is 120 Å². The number of aryl methyl sites for hydroxylation is 2. The first kappa shape index (κ1) is 36.8. The Morgan fingerprint density at radius 1 is 1.02 bits per heavy atom. The van der Waals surface area contributed by atoms with E-state index in [1.807, 2.05) is 47.6 Å².